The van der Waals surface area contributed by atoms with Gasteiger partial charge in [0.15, 0.2) is 0 Å². The summed E-state index contributed by atoms with van der Waals surface area (Å²) in [5.74, 6) is 0.00341. The highest BCUT2D eigenvalue weighted by atomic mass is 16.2. The standard InChI is InChI=1S/C28H26N2O/c1-19-28(2,3)23-18-22(15-17-26(23)29(19)4)25-16-14-20-10-8-9-13-24(20)30(25)27(31)21-11-6-5-7-12-21/h5-18,25H,1H2,2-4H3/t25-/m0/s1. The zero-order chi connectivity index (χ0) is 21.8. The number of carbonyl (C=O) groups excluding carboxylic acids is 1. The van der Waals surface area contributed by atoms with Gasteiger partial charge in [-0.3, -0.25) is 9.69 Å². The molecule has 0 radical (unpaired) electrons. The van der Waals surface area contributed by atoms with Crippen LogP contribution in [0.1, 0.15) is 46.9 Å². The van der Waals surface area contributed by atoms with Gasteiger partial charge in [-0.05, 0) is 41.0 Å². The summed E-state index contributed by atoms with van der Waals surface area (Å²) in [4.78, 5) is 17.8. The van der Waals surface area contributed by atoms with Crippen molar-refractivity contribution in [3.8, 4) is 0 Å². The number of hydrogen-bond acceptors (Lipinski definition) is 2. The number of benzene rings is 3. The summed E-state index contributed by atoms with van der Waals surface area (Å²) >= 11 is 0. The average Bonchev–Trinajstić information content (AvgIpc) is 2.98. The summed E-state index contributed by atoms with van der Waals surface area (Å²) in [5.41, 5.74) is 7.14. The van der Waals surface area contributed by atoms with Gasteiger partial charge >= 0.3 is 0 Å². The Hall–Kier alpha value is -3.59. The van der Waals surface area contributed by atoms with Gasteiger partial charge in [-0.25, -0.2) is 0 Å². The Morgan fingerprint density at radius 2 is 1.65 bits per heavy atom. The molecule has 2 heterocycles. The number of hydrogen-bond donors (Lipinski definition) is 0. The van der Waals surface area contributed by atoms with Crippen LogP contribution >= 0.6 is 0 Å². The minimum Gasteiger partial charge on any atom is -0.348 e. The van der Waals surface area contributed by atoms with Gasteiger partial charge in [0.25, 0.3) is 5.91 Å². The van der Waals surface area contributed by atoms with E-state index in [9.17, 15) is 4.79 Å². The van der Waals surface area contributed by atoms with E-state index in [1.54, 1.807) is 0 Å². The largest absolute Gasteiger partial charge is 0.348 e. The Labute approximate surface area is 183 Å². The molecule has 5 rings (SSSR count). The van der Waals surface area contributed by atoms with E-state index < -0.39 is 0 Å². The lowest BCUT2D eigenvalue weighted by atomic mass is 9.83. The summed E-state index contributed by atoms with van der Waals surface area (Å²) < 4.78 is 0. The number of amides is 1. The maximum absolute atomic E-state index is 13.7. The second-order valence-corrected chi connectivity index (χ2v) is 8.81. The predicted octanol–water partition coefficient (Wildman–Crippen LogP) is 6.34. The average molecular weight is 407 g/mol. The summed E-state index contributed by atoms with van der Waals surface area (Å²) in [6.07, 6.45) is 4.25. The number of carbonyl (C=O) groups is 1. The molecule has 0 aromatic heterocycles. The number of rotatable bonds is 2. The molecule has 0 fully saturated rings. The maximum Gasteiger partial charge on any atom is 0.259 e. The minimum atomic E-state index is -0.178. The van der Waals surface area contributed by atoms with E-state index >= 15 is 0 Å². The first-order chi connectivity index (χ1) is 14.9. The van der Waals surface area contributed by atoms with Crippen LogP contribution in [-0.4, -0.2) is 13.0 Å². The fraction of sp³-hybridized carbons (Fsp3) is 0.179. The van der Waals surface area contributed by atoms with Gasteiger partial charge in [-0.15, -0.1) is 0 Å². The summed E-state index contributed by atoms with van der Waals surface area (Å²) in [7, 11) is 2.07. The van der Waals surface area contributed by atoms with E-state index in [1.807, 2.05) is 53.4 Å². The van der Waals surface area contributed by atoms with Crippen molar-refractivity contribution in [1.29, 1.82) is 0 Å². The molecule has 31 heavy (non-hydrogen) atoms. The van der Waals surface area contributed by atoms with E-state index in [2.05, 4.69) is 68.8 Å². The number of allylic oxidation sites excluding steroid dienone is 1. The molecule has 2 aliphatic heterocycles. The van der Waals surface area contributed by atoms with Crippen molar-refractivity contribution in [3.05, 3.63) is 113 Å². The van der Waals surface area contributed by atoms with Gasteiger partial charge in [-0.2, -0.15) is 0 Å². The molecule has 0 saturated carbocycles. The fourth-order valence-electron chi connectivity index (χ4n) is 4.75. The highest BCUT2D eigenvalue weighted by Gasteiger charge is 2.38. The number of fused-ring (bicyclic) bond motifs is 2. The lowest BCUT2D eigenvalue weighted by Crippen LogP contribution is -2.36. The summed E-state index contributed by atoms with van der Waals surface area (Å²) in [6.45, 7) is 8.72. The Balaban J connectivity index is 1.64. The Morgan fingerprint density at radius 1 is 0.935 bits per heavy atom. The third-order valence-electron chi connectivity index (χ3n) is 6.70. The normalized spacial score (nSPS) is 18.7. The van der Waals surface area contributed by atoms with Crippen molar-refractivity contribution in [1.82, 2.24) is 0 Å². The molecule has 1 amide bonds. The van der Waals surface area contributed by atoms with Crippen molar-refractivity contribution < 1.29 is 4.79 Å². The number of nitrogens with zero attached hydrogens (tertiary/aromatic N) is 2. The highest BCUT2D eigenvalue weighted by Crippen LogP contribution is 2.48. The minimum absolute atomic E-state index is 0.00341. The van der Waals surface area contributed by atoms with Gasteiger partial charge in [0.05, 0.1) is 11.7 Å². The Bertz CT molecular complexity index is 1220. The van der Waals surface area contributed by atoms with Gasteiger partial charge < -0.3 is 4.90 Å². The van der Waals surface area contributed by atoms with Crippen LogP contribution in [0.25, 0.3) is 6.08 Å². The quantitative estimate of drug-likeness (QED) is 0.496. The topological polar surface area (TPSA) is 23.6 Å². The first-order valence-electron chi connectivity index (χ1n) is 10.6. The molecule has 3 nitrogen and oxygen atoms in total. The molecule has 3 aromatic rings. The number of likely N-dealkylation sites (N-methyl/N-ethyl adjacent to an activating group) is 1. The van der Waals surface area contributed by atoms with Crippen LogP contribution in [-0.2, 0) is 5.41 Å². The van der Waals surface area contributed by atoms with Crippen LogP contribution in [0, 0.1) is 0 Å². The molecule has 0 aliphatic carbocycles. The highest BCUT2D eigenvalue weighted by molar-refractivity contribution is 6.08. The molecule has 0 spiro atoms. The van der Waals surface area contributed by atoms with Crippen LogP contribution in [0.3, 0.4) is 0 Å². The maximum atomic E-state index is 13.7. The molecular formula is C28H26N2O. The van der Waals surface area contributed by atoms with E-state index in [4.69, 9.17) is 0 Å². The van der Waals surface area contributed by atoms with Crippen LogP contribution in [0.2, 0.25) is 0 Å². The number of para-hydroxylation sites is 1. The molecule has 2 aliphatic rings. The van der Waals surface area contributed by atoms with Crippen molar-refractivity contribution >= 4 is 23.4 Å². The summed E-state index contributed by atoms with van der Waals surface area (Å²) in [5, 5.41) is 0. The molecule has 0 N–H and O–H groups in total. The molecule has 3 aromatic carbocycles. The fourth-order valence-corrected chi connectivity index (χ4v) is 4.75. The smallest absolute Gasteiger partial charge is 0.259 e. The van der Waals surface area contributed by atoms with Gasteiger partial charge in [0.2, 0.25) is 0 Å². The van der Waals surface area contributed by atoms with Crippen LogP contribution in [0.15, 0.2) is 91.1 Å². The molecule has 1 atom stereocenters. The lowest BCUT2D eigenvalue weighted by Gasteiger charge is -2.35. The van der Waals surface area contributed by atoms with E-state index in [0.717, 1.165) is 22.5 Å². The predicted molar refractivity (Wildman–Crippen MR) is 128 cm³/mol. The van der Waals surface area contributed by atoms with Crippen molar-refractivity contribution in [2.24, 2.45) is 0 Å². The van der Waals surface area contributed by atoms with Crippen molar-refractivity contribution in [3.63, 3.8) is 0 Å². The molecule has 3 heteroatoms. The van der Waals surface area contributed by atoms with Crippen LogP contribution in [0.4, 0.5) is 11.4 Å². The third-order valence-corrected chi connectivity index (χ3v) is 6.70. The van der Waals surface area contributed by atoms with E-state index in [1.165, 1.54) is 11.3 Å². The first-order valence-corrected chi connectivity index (χ1v) is 10.6. The van der Waals surface area contributed by atoms with Gasteiger partial charge in [0.1, 0.15) is 0 Å². The monoisotopic (exact) mass is 406 g/mol. The molecule has 0 bridgehead atoms. The zero-order valence-electron chi connectivity index (χ0n) is 18.2. The first kappa shape index (κ1) is 19.4. The molecule has 154 valence electrons. The van der Waals surface area contributed by atoms with Gasteiger partial charge in [-0.1, -0.05) is 81.1 Å². The van der Waals surface area contributed by atoms with E-state index in [-0.39, 0.29) is 17.4 Å². The molecule has 0 saturated heterocycles. The zero-order valence-corrected chi connectivity index (χ0v) is 18.2. The third kappa shape index (κ3) is 2.92. The second kappa shape index (κ2) is 6.98. The summed E-state index contributed by atoms with van der Waals surface area (Å²) in [6, 6.07) is 24.0. The van der Waals surface area contributed by atoms with Crippen molar-refractivity contribution in [2.75, 3.05) is 16.8 Å². The Kier molecular flexibility index (Phi) is 4.37. The van der Waals surface area contributed by atoms with Crippen molar-refractivity contribution in [2.45, 2.75) is 25.3 Å². The SMILES string of the molecule is C=C1N(C)c2ccc([C@@H]3C=Cc4ccccc4N3C(=O)c3ccccc3)cc2C1(C)C. The Morgan fingerprint density at radius 3 is 2.42 bits per heavy atom. The molecular weight excluding hydrogens is 380 g/mol. The second-order valence-electron chi connectivity index (χ2n) is 8.81. The number of anilines is 2. The lowest BCUT2D eigenvalue weighted by molar-refractivity contribution is 0.0980. The van der Waals surface area contributed by atoms with Crippen LogP contribution in [0.5, 0.6) is 0 Å². The van der Waals surface area contributed by atoms with E-state index in [0.29, 0.717) is 5.56 Å². The van der Waals surface area contributed by atoms with Crippen LogP contribution < -0.4 is 9.80 Å². The van der Waals surface area contributed by atoms with Gasteiger partial charge in [0, 0.05) is 29.4 Å². The molecule has 0 unspecified atom stereocenters.